The van der Waals surface area contributed by atoms with Crippen LogP contribution in [-0.4, -0.2) is 44.1 Å². The summed E-state index contributed by atoms with van der Waals surface area (Å²) in [6.07, 6.45) is 1.16. The first-order chi connectivity index (χ1) is 10.4. The Kier molecular flexibility index (Phi) is 6.44. The Morgan fingerprint density at radius 2 is 1.96 bits per heavy atom. The zero-order valence-corrected chi connectivity index (χ0v) is 15.6. The van der Waals surface area contributed by atoms with Gasteiger partial charge in [-0.1, -0.05) is 11.6 Å². The van der Waals surface area contributed by atoms with E-state index >= 15 is 0 Å². The van der Waals surface area contributed by atoms with Crippen LogP contribution < -0.4 is 10.1 Å². The van der Waals surface area contributed by atoms with Gasteiger partial charge in [0.05, 0.1) is 19.1 Å². The average molecular weight is 363 g/mol. The van der Waals surface area contributed by atoms with Crippen LogP contribution in [0.2, 0.25) is 5.02 Å². The summed E-state index contributed by atoms with van der Waals surface area (Å²) in [5, 5.41) is 3.16. The summed E-state index contributed by atoms with van der Waals surface area (Å²) in [5.74, 6) is 0.169. The lowest BCUT2D eigenvalue weighted by Crippen LogP contribution is -2.46. The lowest BCUT2D eigenvalue weighted by molar-refractivity contribution is -0.116. The van der Waals surface area contributed by atoms with Crippen molar-refractivity contribution in [2.45, 2.75) is 32.7 Å². The highest BCUT2D eigenvalue weighted by Gasteiger charge is 2.29. The molecule has 0 fully saturated rings. The second-order valence-electron chi connectivity index (χ2n) is 6.15. The van der Waals surface area contributed by atoms with E-state index in [1.54, 1.807) is 39.0 Å². The number of ether oxygens (including phenoxy) is 1. The van der Waals surface area contributed by atoms with Crippen LogP contribution in [0, 0.1) is 0 Å². The van der Waals surface area contributed by atoms with Gasteiger partial charge in [-0.25, -0.2) is 8.42 Å². The molecule has 1 rings (SSSR count). The quantitative estimate of drug-likeness (QED) is 0.844. The highest BCUT2D eigenvalue weighted by molar-refractivity contribution is 7.88. The van der Waals surface area contributed by atoms with E-state index in [0.29, 0.717) is 16.5 Å². The fourth-order valence-electron chi connectivity index (χ4n) is 2.19. The Labute approximate surface area is 142 Å². The molecule has 0 saturated heterocycles. The number of benzene rings is 1. The molecule has 8 heteroatoms. The standard InChI is InChI=1S/C15H23ClN2O4S/c1-15(2,3)18(23(5,20)21)9-8-14(19)17-12-10-11(16)6-7-13(12)22-4/h6-7,10H,8-9H2,1-5H3,(H,17,19). The van der Waals surface area contributed by atoms with Crippen LogP contribution in [0.3, 0.4) is 0 Å². The highest BCUT2D eigenvalue weighted by Crippen LogP contribution is 2.28. The number of carbonyl (C=O) groups is 1. The first-order valence-corrected chi connectivity index (χ1v) is 9.29. The Hall–Kier alpha value is -1.31. The molecule has 130 valence electrons. The van der Waals surface area contributed by atoms with Gasteiger partial charge in [0.15, 0.2) is 0 Å². The third kappa shape index (κ3) is 6.01. The summed E-state index contributed by atoms with van der Waals surface area (Å²) >= 11 is 5.91. The number of nitrogens with zero attached hydrogens (tertiary/aromatic N) is 1. The molecule has 23 heavy (non-hydrogen) atoms. The predicted molar refractivity (Wildman–Crippen MR) is 92.6 cm³/mol. The van der Waals surface area contributed by atoms with Crippen molar-refractivity contribution in [2.75, 3.05) is 25.2 Å². The number of sulfonamides is 1. The number of anilines is 1. The van der Waals surface area contributed by atoms with Gasteiger partial charge in [0, 0.05) is 23.5 Å². The molecule has 0 spiro atoms. The summed E-state index contributed by atoms with van der Waals surface area (Å²) in [6.45, 7) is 5.45. The molecule has 0 atom stereocenters. The smallest absolute Gasteiger partial charge is 0.225 e. The molecule has 1 N–H and O–H groups in total. The first-order valence-electron chi connectivity index (χ1n) is 7.06. The van der Waals surface area contributed by atoms with Gasteiger partial charge in [-0.3, -0.25) is 4.79 Å². The normalized spacial score (nSPS) is 12.3. The molecule has 0 aromatic heterocycles. The molecule has 0 bridgehead atoms. The summed E-state index contributed by atoms with van der Waals surface area (Å²) < 4.78 is 30.2. The molecule has 0 heterocycles. The molecule has 0 aliphatic heterocycles. The fraction of sp³-hybridized carbons (Fsp3) is 0.533. The molecule has 0 radical (unpaired) electrons. The van der Waals surface area contributed by atoms with Crippen LogP contribution >= 0.6 is 11.6 Å². The maximum atomic E-state index is 12.1. The molecular weight excluding hydrogens is 340 g/mol. The van der Waals surface area contributed by atoms with E-state index in [0.717, 1.165) is 6.26 Å². The van der Waals surface area contributed by atoms with Gasteiger partial charge in [-0.05, 0) is 39.0 Å². The molecule has 1 aromatic rings. The number of hydrogen-bond donors (Lipinski definition) is 1. The second kappa shape index (κ2) is 7.51. The maximum absolute atomic E-state index is 12.1. The van der Waals surface area contributed by atoms with Crippen LogP contribution in [0.1, 0.15) is 27.2 Å². The molecular formula is C15H23ClN2O4S. The van der Waals surface area contributed by atoms with Crippen molar-refractivity contribution >= 4 is 33.2 Å². The minimum absolute atomic E-state index is 0.0278. The number of amides is 1. The molecule has 0 unspecified atom stereocenters. The number of methoxy groups -OCH3 is 1. The van der Waals surface area contributed by atoms with E-state index < -0.39 is 15.6 Å². The number of hydrogen-bond acceptors (Lipinski definition) is 4. The van der Waals surface area contributed by atoms with E-state index in [2.05, 4.69) is 5.32 Å². The molecule has 0 aliphatic carbocycles. The van der Waals surface area contributed by atoms with Gasteiger partial charge in [-0.2, -0.15) is 4.31 Å². The van der Waals surface area contributed by atoms with E-state index in [1.165, 1.54) is 11.4 Å². The molecule has 0 aliphatic rings. The zero-order valence-electron chi connectivity index (χ0n) is 14.0. The van der Waals surface area contributed by atoms with Gasteiger partial charge in [0.1, 0.15) is 5.75 Å². The Bertz CT molecular complexity index is 669. The number of halogens is 1. The van der Waals surface area contributed by atoms with Crippen molar-refractivity contribution in [3.05, 3.63) is 23.2 Å². The Balaban J connectivity index is 2.79. The average Bonchev–Trinajstić information content (AvgIpc) is 2.35. The third-order valence-electron chi connectivity index (χ3n) is 3.13. The Morgan fingerprint density at radius 3 is 2.43 bits per heavy atom. The minimum atomic E-state index is -3.40. The zero-order chi connectivity index (χ0) is 17.8. The summed E-state index contributed by atoms with van der Waals surface area (Å²) in [6, 6.07) is 4.88. The number of nitrogens with one attached hydrogen (secondary N) is 1. The molecule has 6 nitrogen and oxygen atoms in total. The summed E-state index contributed by atoms with van der Waals surface area (Å²) in [4.78, 5) is 12.1. The Morgan fingerprint density at radius 1 is 1.35 bits per heavy atom. The van der Waals surface area contributed by atoms with Crippen molar-refractivity contribution in [1.29, 1.82) is 0 Å². The fourth-order valence-corrected chi connectivity index (χ4v) is 3.78. The third-order valence-corrected chi connectivity index (χ3v) is 4.89. The lowest BCUT2D eigenvalue weighted by Gasteiger charge is -2.33. The monoisotopic (exact) mass is 362 g/mol. The van der Waals surface area contributed by atoms with E-state index in [1.807, 2.05) is 0 Å². The SMILES string of the molecule is COc1ccc(Cl)cc1NC(=O)CCN(C(C)(C)C)S(C)(=O)=O. The molecule has 1 aromatic carbocycles. The topological polar surface area (TPSA) is 75.7 Å². The van der Waals surface area contributed by atoms with Crippen molar-refractivity contribution in [2.24, 2.45) is 0 Å². The van der Waals surface area contributed by atoms with Crippen LogP contribution in [0.15, 0.2) is 18.2 Å². The largest absolute Gasteiger partial charge is 0.495 e. The van der Waals surface area contributed by atoms with E-state index in [9.17, 15) is 13.2 Å². The lowest BCUT2D eigenvalue weighted by atomic mass is 10.1. The second-order valence-corrected chi connectivity index (χ2v) is 8.49. The van der Waals surface area contributed by atoms with Crippen molar-refractivity contribution in [3.8, 4) is 5.75 Å². The van der Waals surface area contributed by atoms with E-state index in [-0.39, 0.29) is 18.9 Å². The van der Waals surface area contributed by atoms with Gasteiger partial charge in [-0.15, -0.1) is 0 Å². The van der Waals surface area contributed by atoms with Gasteiger partial charge >= 0.3 is 0 Å². The van der Waals surface area contributed by atoms with Crippen LogP contribution in [-0.2, 0) is 14.8 Å². The van der Waals surface area contributed by atoms with Crippen molar-refractivity contribution < 1.29 is 17.9 Å². The number of rotatable bonds is 6. The van der Waals surface area contributed by atoms with Gasteiger partial charge in [0.2, 0.25) is 15.9 Å². The molecule has 0 saturated carbocycles. The number of carbonyl (C=O) groups excluding carboxylic acids is 1. The summed E-state index contributed by atoms with van der Waals surface area (Å²) in [5.41, 5.74) is -0.145. The maximum Gasteiger partial charge on any atom is 0.225 e. The highest BCUT2D eigenvalue weighted by atomic mass is 35.5. The van der Waals surface area contributed by atoms with Crippen LogP contribution in [0.25, 0.3) is 0 Å². The van der Waals surface area contributed by atoms with Crippen LogP contribution in [0.4, 0.5) is 5.69 Å². The van der Waals surface area contributed by atoms with Crippen LogP contribution in [0.5, 0.6) is 5.75 Å². The molecule has 1 amide bonds. The van der Waals surface area contributed by atoms with E-state index in [4.69, 9.17) is 16.3 Å². The van der Waals surface area contributed by atoms with Gasteiger partial charge < -0.3 is 10.1 Å². The minimum Gasteiger partial charge on any atom is -0.495 e. The van der Waals surface area contributed by atoms with Gasteiger partial charge in [0.25, 0.3) is 0 Å². The predicted octanol–water partition coefficient (Wildman–Crippen LogP) is 2.74. The van der Waals surface area contributed by atoms with Crippen molar-refractivity contribution in [3.63, 3.8) is 0 Å². The van der Waals surface area contributed by atoms with Crippen molar-refractivity contribution in [1.82, 2.24) is 4.31 Å². The first kappa shape index (κ1) is 19.7. The summed E-state index contributed by atoms with van der Waals surface area (Å²) in [7, 11) is -1.91.